The van der Waals surface area contributed by atoms with Crippen LogP contribution in [0.25, 0.3) is 10.8 Å². The van der Waals surface area contributed by atoms with Gasteiger partial charge in [-0.05, 0) is 24.8 Å². The Hall–Kier alpha value is -2.40. The summed E-state index contributed by atoms with van der Waals surface area (Å²) in [4.78, 5) is 38.0. The number of hydrazine groups is 1. The standard InChI is InChI=1S/C18H17ClN2O3/c1-3-7-15(22)20(4-2)21-17(23)13-10-14(19)11-8-5-6-9-12(11)16(13)18(21)24/h5-6,8-10H,3-4,7H2,1-2H3. The van der Waals surface area contributed by atoms with Gasteiger partial charge in [0, 0.05) is 23.4 Å². The Bertz CT molecular complexity index is 863. The summed E-state index contributed by atoms with van der Waals surface area (Å²) in [7, 11) is 0. The van der Waals surface area contributed by atoms with E-state index in [1.54, 1.807) is 25.1 Å². The SMILES string of the molecule is CCCC(=O)N(CC)N1C(=O)c2cc(Cl)c3ccccc3c2C1=O. The van der Waals surface area contributed by atoms with Gasteiger partial charge in [0.15, 0.2) is 0 Å². The number of hydrogen-bond acceptors (Lipinski definition) is 3. The summed E-state index contributed by atoms with van der Waals surface area (Å²) in [6.07, 6.45) is 0.927. The highest BCUT2D eigenvalue weighted by molar-refractivity contribution is 6.38. The number of nitrogens with zero attached hydrogens (tertiary/aromatic N) is 2. The first kappa shape index (κ1) is 16.5. The van der Waals surface area contributed by atoms with E-state index in [4.69, 9.17) is 11.6 Å². The number of benzene rings is 2. The van der Waals surface area contributed by atoms with E-state index in [9.17, 15) is 14.4 Å². The first-order valence-corrected chi connectivity index (χ1v) is 8.29. The maximum Gasteiger partial charge on any atom is 0.281 e. The number of fused-ring (bicyclic) bond motifs is 3. The Morgan fingerprint density at radius 3 is 2.42 bits per heavy atom. The van der Waals surface area contributed by atoms with Crippen molar-refractivity contribution in [3.63, 3.8) is 0 Å². The first-order valence-electron chi connectivity index (χ1n) is 7.91. The lowest BCUT2D eigenvalue weighted by molar-refractivity contribution is -0.141. The van der Waals surface area contributed by atoms with Crippen LogP contribution >= 0.6 is 11.6 Å². The lowest BCUT2D eigenvalue weighted by Crippen LogP contribution is -2.49. The largest absolute Gasteiger partial charge is 0.281 e. The summed E-state index contributed by atoms with van der Waals surface area (Å²) < 4.78 is 0. The second-order valence-corrected chi connectivity index (χ2v) is 6.02. The third-order valence-electron chi connectivity index (χ3n) is 4.12. The molecule has 124 valence electrons. The van der Waals surface area contributed by atoms with Crippen molar-refractivity contribution in [2.24, 2.45) is 0 Å². The van der Waals surface area contributed by atoms with Crippen molar-refractivity contribution < 1.29 is 14.4 Å². The molecule has 0 aromatic heterocycles. The van der Waals surface area contributed by atoms with E-state index in [1.165, 1.54) is 11.1 Å². The maximum absolute atomic E-state index is 12.9. The van der Waals surface area contributed by atoms with E-state index in [2.05, 4.69) is 0 Å². The molecule has 5 nitrogen and oxygen atoms in total. The zero-order valence-corrected chi connectivity index (χ0v) is 14.3. The van der Waals surface area contributed by atoms with Crippen LogP contribution in [-0.4, -0.2) is 34.3 Å². The molecule has 6 heteroatoms. The summed E-state index contributed by atoms with van der Waals surface area (Å²) in [6, 6.07) is 8.69. The van der Waals surface area contributed by atoms with Gasteiger partial charge in [-0.1, -0.05) is 42.8 Å². The molecule has 0 fully saturated rings. The molecule has 1 heterocycles. The van der Waals surface area contributed by atoms with Crippen LogP contribution in [0.1, 0.15) is 47.4 Å². The van der Waals surface area contributed by atoms with Crippen LogP contribution in [0.15, 0.2) is 30.3 Å². The van der Waals surface area contributed by atoms with Crippen molar-refractivity contribution in [1.82, 2.24) is 10.0 Å². The third kappa shape index (κ3) is 2.36. The molecule has 0 aliphatic carbocycles. The van der Waals surface area contributed by atoms with E-state index < -0.39 is 11.8 Å². The predicted molar refractivity (Wildman–Crippen MR) is 91.8 cm³/mol. The molecule has 0 saturated heterocycles. The number of rotatable bonds is 4. The van der Waals surface area contributed by atoms with Crippen molar-refractivity contribution in [3.8, 4) is 0 Å². The van der Waals surface area contributed by atoms with Gasteiger partial charge in [-0.2, -0.15) is 5.01 Å². The lowest BCUT2D eigenvalue weighted by atomic mass is 10.0. The van der Waals surface area contributed by atoms with Gasteiger partial charge in [-0.15, -0.1) is 0 Å². The molecular weight excluding hydrogens is 328 g/mol. The second-order valence-electron chi connectivity index (χ2n) is 5.61. The number of carbonyl (C=O) groups is 3. The van der Waals surface area contributed by atoms with Gasteiger partial charge in [0.2, 0.25) is 5.91 Å². The number of carbonyl (C=O) groups excluding carboxylic acids is 3. The molecule has 0 unspecified atom stereocenters. The van der Waals surface area contributed by atoms with Crippen LogP contribution in [0, 0.1) is 0 Å². The Morgan fingerprint density at radius 1 is 1.12 bits per heavy atom. The van der Waals surface area contributed by atoms with Gasteiger partial charge in [0.05, 0.1) is 11.1 Å². The quantitative estimate of drug-likeness (QED) is 0.795. The number of amides is 3. The highest BCUT2D eigenvalue weighted by Gasteiger charge is 2.42. The molecule has 0 N–H and O–H groups in total. The Balaban J connectivity index is 2.15. The van der Waals surface area contributed by atoms with Crippen molar-refractivity contribution >= 4 is 40.1 Å². The molecule has 1 aliphatic heterocycles. The summed E-state index contributed by atoms with van der Waals surface area (Å²) in [5, 5.41) is 3.92. The molecule has 3 amide bonds. The van der Waals surface area contributed by atoms with Crippen LogP contribution in [0.4, 0.5) is 0 Å². The average Bonchev–Trinajstić information content (AvgIpc) is 2.81. The molecule has 24 heavy (non-hydrogen) atoms. The molecular formula is C18H17ClN2O3. The lowest BCUT2D eigenvalue weighted by Gasteiger charge is -2.28. The van der Waals surface area contributed by atoms with E-state index in [0.717, 1.165) is 5.01 Å². The van der Waals surface area contributed by atoms with Gasteiger partial charge >= 0.3 is 0 Å². The third-order valence-corrected chi connectivity index (χ3v) is 4.43. The van der Waals surface area contributed by atoms with Gasteiger partial charge in [-0.3, -0.25) is 14.4 Å². The fraction of sp³-hybridized carbons (Fsp3) is 0.278. The number of halogens is 1. The van der Waals surface area contributed by atoms with Crippen LogP contribution in [0.2, 0.25) is 5.02 Å². The Labute approximate surface area is 144 Å². The van der Waals surface area contributed by atoms with Crippen molar-refractivity contribution in [1.29, 1.82) is 0 Å². The van der Waals surface area contributed by atoms with E-state index in [0.29, 0.717) is 27.8 Å². The predicted octanol–water partition coefficient (Wildman–Crippen LogP) is 3.65. The highest BCUT2D eigenvalue weighted by Crippen LogP contribution is 2.35. The van der Waals surface area contributed by atoms with Crippen molar-refractivity contribution in [2.45, 2.75) is 26.7 Å². The molecule has 0 bridgehead atoms. The first-order chi connectivity index (χ1) is 11.5. The molecule has 1 aliphatic rings. The number of hydrogen-bond donors (Lipinski definition) is 0. The second kappa shape index (κ2) is 6.24. The van der Waals surface area contributed by atoms with Crippen LogP contribution in [0.5, 0.6) is 0 Å². The maximum atomic E-state index is 12.9. The van der Waals surface area contributed by atoms with Gasteiger partial charge in [-0.25, -0.2) is 5.01 Å². The Morgan fingerprint density at radius 2 is 1.79 bits per heavy atom. The van der Waals surface area contributed by atoms with E-state index in [1.807, 2.05) is 13.0 Å². The molecule has 0 atom stereocenters. The van der Waals surface area contributed by atoms with Crippen LogP contribution in [-0.2, 0) is 4.79 Å². The van der Waals surface area contributed by atoms with Crippen molar-refractivity contribution in [2.75, 3.05) is 6.54 Å². The fourth-order valence-corrected chi connectivity index (χ4v) is 3.31. The van der Waals surface area contributed by atoms with E-state index >= 15 is 0 Å². The molecule has 0 saturated carbocycles. The fourth-order valence-electron chi connectivity index (χ4n) is 3.03. The van der Waals surface area contributed by atoms with E-state index in [-0.39, 0.29) is 24.4 Å². The molecule has 0 radical (unpaired) electrons. The van der Waals surface area contributed by atoms with Crippen LogP contribution < -0.4 is 0 Å². The molecule has 2 aromatic carbocycles. The van der Waals surface area contributed by atoms with Gasteiger partial charge in [0.25, 0.3) is 11.8 Å². The highest BCUT2D eigenvalue weighted by atomic mass is 35.5. The van der Waals surface area contributed by atoms with Crippen LogP contribution in [0.3, 0.4) is 0 Å². The number of imide groups is 1. The summed E-state index contributed by atoms with van der Waals surface area (Å²) in [6.45, 7) is 3.86. The minimum atomic E-state index is -0.506. The van der Waals surface area contributed by atoms with Crippen molar-refractivity contribution in [3.05, 3.63) is 46.5 Å². The summed E-state index contributed by atoms with van der Waals surface area (Å²) in [5.74, 6) is -1.23. The Kier molecular flexibility index (Phi) is 4.28. The topological polar surface area (TPSA) is 57.7 Å². The minimum Gasteiger partial charge on any atom is -0.273 e. The minimum absolute atomic E-state index is 0.242. The zero-order valence-electron chi connectivity index (χ0n) is 13.5. The summed E-state index contributed by atoms with van der Waals surface area (Å²) in [5.41, 5.74) is 0.550. The average molecular weight is 345 g/mol. The van der Waals surface area contributed by atoms with Gasteiger partial charge in [0.1, 0.15) is 0 Å². The van der Waals surface area contributed by atoms with Gasteiger partial charge < -0.3 is 0 Å². The summed E-state index contributed by atoms with van der Waals surface area (Å²) >= 11 is 6.26. The molecule has 2 aromatic rings. The normalized spacial score (nSPS) is 13.5. The smallest absolute Gasteiger partial charge is 0.273 e. The molecule has 3 rings (SSSR count). The zero-order chi connectivity index (χ0) is 17.4. The monoisotopic (exact) mass is 344 g/mol. The molecule has 0 spiro atoms.